The number of hydrogen-bond donors (Lipinski definition) is 0. The van der Waals surface area contributed by atoms with Crippen molar-refractivity contribution in [3.8, 4) is 5.75 Å². The van der Waals surface area contributed by atoms with Gasteiger partial charge in [0.2, 0.25) is 0 Å². The van der Waals surface area contributed by atoms with Gasteiger partial charge in [0.25, 0.3) is 0 Å². The molecule has 8 fully saturated rings. The summed E-state index contributed by atoms with van der Waals surface area (Å²) in [6.45, 7) is 30.8. The summed E-state index contributed by atoms with van der Waals surface area (Å²) in [5.41, 5.74) is 8.45. The standard InChI is InChI=1S/C55H84NO2PS/c1-49(2,3)44-24-40(25-45(48(44)58-15)50(4,5)6)47(56(14)60(57)51(7,8)9)41-26-42-43(53(12,13)17-16-52(42,10)11)27-46(41)59(54-28-34-18-35(29-54)20-36(19-34)30-54)55-31-37-21-38(32-55)23-39(22-37)33-55/h24-27,34-39,47H,16-23,28-33H2,1-15H3/t34?,35?,36?,37?,38?,39?,47-,54?,55?,59?,60?/m1/s1. The third kappa shape index (κ3) is 7.28. The maximum absolute atomic E-state index is 15.3. The van der Waals surface area contributed by atoms with Crippen LogP contribution in [0.25, 0.3) is 0 Å². The lowest BCUT2D eigenvalue weighted by molar-refractivity contribution is 0.0195. The van der Waals surface area contributed by atoms with Gasteiger partial charge in [0.05, 0.1) is 17.9 Å². The molecule has 0 N–H and O–H groups in total. The average molecular weight is 854 g/mol. The molecule has 9 aliphatic rings. The molecule has 0 spiro atoms. The minimum Gasteiger partial charge on any atom is -0.496 e. The number of benzene rings is 2. The molecule has 5 heteroatoms. The summed E-state index contributed by atoms with van der Waals surface area (Å²) in [7, 11) is 2.32. The summed E-state index contributed by atoms with van der Waals surface area (Å²) in [6.07, 6.45) is 20.2. The Hall–Kier alpha value is -1.22. The van der Waals surface area contributed by atoms with Crippen LogP contribution in [0.15, 0.2) is 24.3 Å². The van der Waals surface area contributed by atoms with Gasteiger partial charge in [-0.3, -0.25) is 0 Å². The fourth-order valence-electron chi connectivity index (χ4n) is 16.0. The molecule has 11 rings (SSSR count). The number of rotatable bonds is 8. The fraction of sp³-hybridized carbons (Fsp3) is 0.782. The minimum atomic E-state index is -1.24. The van der Waals surface area contributed by atoms with E-state index < -0.39 is 23.7 Å². The highest BCUT2D eigenvalue weighted by Crippen LogP contribution is 2.79. The lowest BCUT2D eigenvalue weighted by Crippen LogP contribution is -2.58. The summed E-state index contributed by atoms with van der Waals surface area (Å²) in [5, 5.41) is 2.60. The Kier molecular flexibility index (Phi) is 10.6. The van der Waals surface area contributed by atoms with E-state index in [1.165, 1.54) is 112 Å². The summed E-state index contributed by atoms with van der Waals surface area (Å²) in [6, 6.07) is 10.6. The van der Waals surface area contributed by atoms with Crippen LogP contribution in [-0.2, 0) is 32.6 Å². The second-order valence-electron chi connectivity index (χ2n) is 26.8. The molecule has 0 aromatic heterocycles. The van der Waals surface area contributed by atoms with Crippen molar-refractivity contribution in [2.24, 2.45) is 35.5 Å². The molecule has 0 radical (unpaired) electrons. The van der Waals surface area contributed by atoms with E-state index in [-0.39, 0.29) is 27.7 Å². The fourth-order valence-corrected chi connectivity index (χ4v) is 22.6. The van der Waals surface area contributed by atoms with E-state index in [4.69, 9.17) is 4.74 Å². The van der Waals surface area contributed by atoms with Crippen molar-refractivity contribution in [1.29, 1.82) is 0 Å². The van der Waals surface area contributed by atoms with Crippen LogP contribution in [0, 0.1) is 35.5 Å². The normalized spacial score (nSPS) is 35.4. The molecule has 0 heterocycles. The zero-order valence-electron chi connectivity index (χ0n) is 40.9. The number of nitrogens with zero attached hydrogens (tertiary/aromatic N) is 1. The predicted molar refractivity (Wildman–Crippen MR) is 258 cm³/mol. The lowest BCUT2D eigenvalue weighted by atomic mass is 9.55. The first-order valence-electron chi connectivity index (χ1n) is 24.6. The quantitative estimate of drug-likeness (QED) is 0.248. The van der Waals surface area contributed by atoms with Gasteiger partial charge in [-0.25, -0.2) is 8.51 Å². The van der Waals surface area contributed by atoms with Gasteiger partial charge < -0.3 is 4.74 Å². The topological polar surface area (TPSA) is 29.5 Å². The minimum absolute atomic E-state index is 0.0710. The van der Waals surface area contributed by atoms with E-state index in [0.717, 1.165) is 41.3 Å². The number of fused-ring (bicyclic) bond motifs is 1. The van der Waals surface area contributed by atoms with E-state index in [9.17, 15) is 0 Å². The van der Waals surface area contributed by atoms with Gasteiger partial charge >= 0.3 is 0 Å². The van der Waals surface area contributed by atoms with Gasteiger partial charge in [-0.15, -0.1) is 0 Å². The molecule has 8 saturated carbocycles. The Morgan fingerprint density at radius 1 is 0.633 bits per heavy atom. The molecule has 9 aliphatic carbocycles. The molecule has 3 nitrogen and oxygen atoms in total. The molecule has 0 aliphatic heterocycles. The summed E-state index contributed by atoms with van der Waals surface area (Å²) in [5.74, 6) is 6.54. The lowest BCUT2D eigenvalue weighted by Gasteiger charge is -2.68. The first-order chi connectivity index (χ1) is 27.7. The smallest absolute Gasteiger partial charge is 0.126 e. The SMILES string of the molecule is COc1c(C(C)(C)C)cc([C@H](c2cc3c(cc2P(C24CC5CC(CC(C5)C2)C4)C24CC5CC(CC(C5)C2)C4)C(C)(C)CCC3(C)C)N(C)S(=O)C(C)(C)C)cc1C(C)(C)C. The van der Waals surface area contributed by atoms with Crippen LogP contribution in [0.2, 0.25) is 0 Å². The molecule has 1 unspecified atom stereocenters. The molecule has 2 aromatic rings. The van der Waals surface area contributed by atoms with E-state index >= 15 is 4.21 Å². The van der Waals surface area contributed by atoms with Gasteiger partial charge in [-0.1, -0.05) is 89.3 Å². The van der Waals surface area contributed by atoms with Crippen molar-refractivity contribution in [2.45, 2.75) is 223 Å². The van der Waals surface area contributed by atoms with Gasteiger partial charge in [0.15, 0.2) is 0 Å². The first-order valence-corrected chi connectivity index (χ1v) is 27.1. The molecule has 0 amide bonds. The van der Waals surface area contributed by atoms with Crippen LogP contribution in [0.1, 0.15) is 219 Å². The zero-order chi connectivity index (χ0) is 43.3. The van der Waals surface area contributed by atoms with Gasteiger partial charge in [0.1, 0.15) is 16.7 Å². The van der Waals surface area contributed by atoms with Crippen molar-refractivity contribution >= 4 is 24.2 Å². The Bertz CT molecular complexity index is 1890. The average Bonchev–Trinajstić information content (AvgIpc) is 3.11. The van der Waals surface area contributed by atoms with Crippen LogP contribution in [0.3, 0.4) is 0 Å². The van der Waals surface area contributed by atoms with Gasteiger partial charge in [-0.2, -0.15) is 0 Å². The van der Waals surface area contributed by atoms with Crippen LogP contribution in [-0.4, -0.2) is 37.7 Å². The third-order valence-corrected chi connectivity index (χ3v) is 23.5. The Morgan fingerprint density at radius 2 is 1.00 bits per heavy atom. The predicted octanol–water partition coefficient (Wildman–Crippen LogP) is 14.2. The highest BCUT2D eigenvalue weighted by molar-refractivity contribution is 7.84. The van der Waals surface area contributed by atoms with Crippen LogP contribution < -0.4 is 10.0 Å². The van der Waals surface area contributed by atoms with E-state index in [1.54, 1.807) is 16.4 Å². The summed E-state index contributed by atoms with van der Waals surface area (Å²) >= 11 is 0. The Morgan fingerprint density at radius 3 is 1.33 bits per heavy atom. The van der Waals surface area contributed by atoms with Crippen molar-refractivity contribution < 1.29 is 8.95 Å². The van der Waals surface area contributed by atoms with E-state index in [2.05, 4.69) is 126 Å². The molecule has 0 saturated heterocycles. The van der Waals surface area contributed by atoms with Crippen molar-refractivity contribution in [2.75, 3.05) is 14.2 Å². The van der Waals surface area contributed by atoms with Gasteiger partial charge in [-0.05, 0) is 218 Å². The van der Waals surface area contributed by atoms with Crippen LogP contribution in [0.4, 0.5) is 0 Å². The maximum atomic E-state index is 15.3. The Balaban J connectivity index is 1.39. The maximum Gasteiger partial charge on any atom is 0.126 e. The third-order valence-electron chi connectivity index (χ3n) is 17.9. The monoisotopic (exact) mass is 854 g/mol. The second kappa shape index (κ2) is 14.4. The highest BCUT2D eigenvalue weighted by Gasteiger charge is 2.64. The Labute approximate surface area is 371 Å². The molecule has 60 heavy (non-hydrogen) atoms. The number of hydrogen-bond acceptors (Lipinski definition) is 2. The zero-order valence-corrected chi connectivity index (χ0v) is 42.6. The molecular weight excluding hydrogens is 770 g/mol. The molecule has 2 aromatic carbocycles. The molecular formula is C55H84NO2PS. The molecule has 332 valence electrons. The largest absolute Gasteiger partial charge is 0.496 e. The van der Waals surface area contributed by atoms with Gasteiger partial charge in [0, 0.05) is 18.2 Å². The number of ether oxygens (including phenoxy) is 1. The van der Waals surface area contributed by atoms with Crippen molar-refractivity contribution in [1.82, 2.24) is 4.31 Å². The van der Waals surface area contributed by atoms with Crippen molar-refractivity contribution in [3.63, 3.8) is 0 Å². The first kappa shape index (κ1) is 44.0. The van der Waals surface area contributed by atoms with Crippen molar-refractivity contribution in [3.05, 3.63) is 57.6 Å². The van der Waals surface area contributed by atoms with Crippen LogP contribution >= 0.6 is 7.92 Å². The number of methoxy groups -OCH3 is 1. The van der Waals surface area contributed by atoms with E-state index in [1.807, 2.05) is 7.11 Å². The summed E-state index contributed by atoms with van der Waals surface area (Å²) in [4.78, 5) is 0. The van der Waals surface area contributed by atoms with E-state index in [0.29, 0.717) is 10.3 Å². The molecule has 8 bridgehead atoms. The second-order valence-corrected chi connectivity index (χ2v) is 32.2. The summed E-state index contributed by atoms with van der Waals surface area (Å²) < 4.78 is 23.7. The molecule has 2 atom stereocenters. The highest BCUT2D eigenvalue weighted by atomic mass is 32.2. The van der Waals surface area contributed by atoms with Crippen LogP contribution in [0.5, 0.6) is 5.75 Å².